The Morgan fingerprint density at radius 2 is 2.04 bits per heavy atom. The molecule has 2 rings (SSSR count). The predicted molar refractivity (Wildman–Crippen MR) is 92.1 cm³/mol. The van der Waals surface area contributed by atoms with Gasteiger partial charge < -0.3 is 9.47 Å². The second-order valence-electron chi connectivity index (χ2n) is 5.57. The number of benzene rings is 1. The highest BCUT2D eigenvalue weighted by atomic mass is 35.5. The van der Waals surface area contributed by atoms with Crippen molar-refractivity contribution in [2.45, 2.75) is 18.5 Å². The molecule has 2 atom stereocenters. The summed E-state index contributed by atoms with van der Waals surface area (Å²) in [6.07, 6.45) is 1.63. The molecule has 1 aliphatic rings. The van der Waals surface area contributed by atoms with Crippen LogP contribution < -0.4 is 0 Å². The van der Waals surface area contributed by atoms with Gasteiger partial charge in [0.25, 0.3) is 0 Å². The van der Waals surface area contributed by atoms with Crippen LogP contribution in [0.3, 0.4) is 0 Å². The number of piperidine rings is 1. The van der Waals surface area contributed by atoms with Gasteiger partial charge in [0.2, 0.25) is 0 Å². The summed E-state index contributed by atoms with van der Waals surface area (Å²) in [6.45, 7) is 0.635. The number of nitroso groups, excluding NO2 is 1. The Morgan fingerprint density at radius 1 is 1.32 bits per heavy atom. The number of rotatable bonds is 5. The van der Waals surface area contributed by atoms with Gasteiger partial charge in [0, 0.05) is 24.2 Å². The Kier molecular flexibility index (Phi) is 6.66. The van der Waals surface area contributed by atoms with Crippen molar-refractivity contribution in [2.24, 2.45) is 5.18 Å². The van der Waals surface area contributed by atoms with E-state index < -0.39 is 24.0 Å². The number of halogens is 1. The van der Waals surface area contributed by atoms with Crippen molar-refractivity contribution in [2.75, 3.05) is 27.3 Å². The van der Waals surface area contributed by atoms with Crippen LogP contribution in [0.4, 0.5) is 0 Å². The third-order valence-electron chi connectivity index (χ3n) is 4.12. The molecule has 1 saturated heterocycles. The van der Waals surface area contributed by atoms with Crippen molar-refractivity contribution in [1.82, 2.24) is 4.90 Å². The summed E-state index contributed by atoms with van der Waals surface area (Å²) in [5.41, 5.74) is 1.10. The standard InChI is InChI=1S/C17H19ClN2O5/c1-24-15(21)9-11-10-20(8-7-14(11)19-23)16(17(22)25-2)12-5-3-4-6-13(12)18/h3-6,9,14,16H,7-8,10H2,1-2H3/b11-9-/t14?,16-/m0/s1. The molecule has 0 spiro atoms. The zero-order chi connectivity index (χ0) is 18.4. The van der Waals surface area contributed by atoms with Crippen molar-refractivity contribution < 1.29 is 19.1 Å². The van der Waals surface area contributed by atoms with Crippen LogP contribution in [0.1, 0.15) is 18.0 Å². The first-order valence-electron chi connectivity index (χ1n) is 7.69. The van der Waals surface area contributed by atoms with Gasteiger partial charge in [0.05, 0.1) is 14.2 Å². The molecule has 1 heterocycles. The van der Waals surface area contributed by atoms with Gasteiger partial charge in [0.15, 0.2) is 0 Å². The average molecular weight is 367 g/mol. The van der Waals surface area contributed by atoms with Crippen LogP contribution in [0.25, 0.3) is 0 Å². The lowest BCUT2D eigenvalue weighted by molar-refractivity contribution is -0.147. The molecule has 0 radical (unpaired) electrons. The summed E-state index contributed by atoms with van der Waals surface area (Å²) >= 11 is 6.25. The molecular formula is C17H19ClN2O5. The number of methoxy groups -OCH3 is 2. The Balaban J connectivity index is 2.37. The number of ether oxygens (including phenoxy) is 2. The van der Waals surface area contributed by atoms with Crippen LogP contribution in [0, 0.1) is 4.91 Å². The first kappa shape index (κ1) is 19.1. The van der Waals surface area contributed by atoms with Crippen LogP contribution >= 0.6 is 11.6 Å². The normalized spacial score (nSPS) is 20.8. The van der Waals surface area contributed by atoms with Crippen LogP contribution in [0.15, 0.2) is 41.1 Å². The highest BCUT2D eigenvalue weighted by Gasteiger charge is 2.35. The van der Waals surface area contributed by atoms with Gasteiger partial charge in [-0.25, -0.2) is 9.59 Å². The van der Waals surface area contributed by atoms with E-state index >= 15 is 0 Å². The van der Waals surface area contributed by atoms with E-state index in [-0.39, 0.29) is 6.54 Å². The van der Waals surface area contributed by atoms with Gasteiger partial charge in [-0.15, -0.1) is 0 Å². The van der Waals surface area contributed by atoms with E-state index in [9.17, 15) is 14.5 Å². The molecule has 0 aliphatic carbocycles. The Morgan fingerprint density at radius 3 is 2.64 bits per heavy atom. The highest BCUT2D eigenvalue weighted by molar-refractivity contribution is 6.31. The molecule has 8 heteroatoms. The van der Waals surface area contributed by atoms with E-state index in [4.69, 9.17) is 16.3 Å². The van der Waals surface area contributed by atoms with Gasteiger partial charge in [-0.05, 0) is 23.6 Å². The van der Waals surface area contributed by atoms with Gasteiger partial charge in [0.1, 0.15) is 12.1 Å². The summed E-state index contributed by atoms with van der Waals surface area (Å²) in [5, 5.41) is 3.51. The van der Waals surface area contributed by atoms with Crippen molar-refractivity contribution in [3.63, 3.8) is 0 Å². The number of esters is 2. The number of hydrogen-bond acceptors (Lipinski definition) is 7. The monoisotopic (exact) mass is 366 g/mol. The van der Waals surface area contributed by atoms with E-state index in [0.29, 0.717) is 29.1 Å². The quantitative estimate of drug-likeness (QED) is 0.452. The molecule has 0 aromatic heterocycles. The summed E-state index contributed by atoms with van der Waals surface area (Å²) < 4.78 is 9.55. The van der Waals surface area contributed by atoms with E-state index in [2.05, 4.69) is 9.91 Å². The maximum Gasteiger partial charge on any atom is 0.330 e. The van der Waals surface area contributed by atoms with Gasteiger partial charge in [-0.2, -0.15) is 4.91 Å². The molecule has 1 aliphatic heterocycles. The summed E-state index contributed by atoms with van der Waals surface area (Å²) in [6, 6.07) is 5.62. The molecule has 25 heavy (non-hydrogen) atoms. The maximum atomic E-state index is 12.4. The van der Waals surface area contributed by atoms with Crippen LogP contribution in [0.2, 0.25) is 5.02 Å². The largest absolute Gasteiger partial charge is 0.468 e. The zero-order valence-corrected chi connectivity index (χ0v) is 14.7. The van der Waals surface area contributed by atoms with E-state index in [1.807, 2.05) is 4.90 Å². The average Bonchev–Trinajstić information content (AvgIpc) is 2.63. The van der Waals surface area contributed by atoms with Crippen molar-refractivity contribution in [3.05, 3.63) is 51.4 Å². The molecule has 0 bridgehead atoms. The lowest BCUT2D eigenvalue weighted by Gasteiger charge is -2.36. The van der Waals surface area contributed by atoms with Crippen LogP contribution in [0.5, 0.6) is 0 Å². The summed E-state index contributed by atoms with van der Waals surface area (Å²) in [7, 11) is 2.56. The number of carbonyl (C=O) groups excluding carboxylic acids is 2. The second kappa shape index (κ2) is 8.73. The smallest absolute Gasteiger partial charge is 0.330 e. The van der Waals surface area contributed by atoms with Gasteiger partial charge in [-0.1, -0.05) is 35.0 Å². The Bertz CT molecular complexity index is 691. The zero-order valence-electron chi connectivity index (χ0n) is 14.0. The minimum absolute atomic E-state index is 0.205. The molecule has 7 nitrogen and oxygen atoms in total. The number of nitrogens with zero attached hydrogens (tertiary/aromatic N) is 2. The molecule has 1 aromatic rings. The van der Waals surface area contributed by atoms with Crippen LogP contribution in [-0.4, -0.2) is 50.2 Å². The number of carbonyl (C=O) groups is 2. The third-order valence-corrected chi connectivity index (χ3v) is 4.47. The number of hydrogen-bond donors (Lipinski definition) is 0. The molecule has 0 amide bonds. The first-order chi connectivity index (χ1) is 12.0. The van der Waals surface area contributed by atoms with Crippen LogP contribution in [-0.2, 0) is 19.1 Å². The fourth-order valence-corrected chi connectivity index (χ4v) is 3.11. The van der Waals surface area contributed by atoms with Crippen molar-refractivity contribution in [3.8, 4) is 0 Å². The maximum absolute atomic E-state index is 12.4. The lowest BCUT2D eigenvalue weighted by Crippen LogP contribution is -2.43. The second-order valence-corrected chi connectivity index (χ2v) is 5.98. The van der Waals surface area contributed by atoms with Crippen molar-refractivity contribution in [1.29, 1.82) is 0 Å². The first-order valence-corrected chi connectivity index (χ1v) is 8.06. The van der Waals surface area contributed by atoms with Gasteiger partial charge in [-0.3, -0.25) is 4.90 Å². The molecule has 0 saturated carbocycles. The van der Waals surface area contributed by atoms with Gasteiger partial charge >= 0.3 is 11.9 Å². The fourth-order valence-electron chi connectivity index (χ4n) is 2.87. The molecule has 1 unspecified atom stereocenters. The molecule has 1 aromatic carbocycles. The minimum Gasteiger partial charge on any atom is -0.468 e. The highest BCUT2D eigenvalue weighted by Crippen LogP contribution is 2.32. The lowest BCUT2D eigenvalue weighted by atomic mass is 9.95. The molecular weight excluding hydrogens is 348 g/mol. The predicted octanol–water partition coefficient (Wildman–Crippen LogP) is 2.49. The van der Waals surface area contributed by atoms with E-state index in [0.717, 1.165) is 0 Å². The fraction of sp³-hybridized carbons (Fsp3) is 0.412. The van der Waals surface area contributed by atoms with Crippen molar-refractivity contribution >= 4 is 23.5 Å². The third kappa shape index (κ3) is 4.43. The summed E-state index contributed by atoms with van der Waals surface area (Å²) in [4.78, 5) is 36.8. The molecule has 134 valence electrons. The topological polar surface area (TPSA) is 85.3 Å². The molecule has 0 N–H and O–H groups in total. The Hall–Kier alpha value is -2.25. The summed E-state index contributed by atoms with van der Waals surface area (Å²) in [5.74, 6) is -1.04. The molecule has 1 fully saturated rings. The minimum atomic E-state index is -0.743. The van der Waals surface area contributed by atoms with E-state index in [1.165, 1.54) is 20.3 Å². The number of likely N-dealkylation sites (tertiary alicyclic amines) is 1. The van der Waals surface area contributed by atoms with E-state index in [1.54, 1.807) is 24.3 Å². The SMILES string of the molecule is COC(=O)/C=C1/CN([C@H](C(=O)OC)c2ccccc2Cl)CCC1N=O. The Labute approximate surface area is 150 Å².